The number of anilines is 1. The number of para-hydroxylation sites is 1. The highest BCUT2D eigenvalue weighted by atomic mass is 35.5. The zero-order chi connectivity index (χ0) is 26.0. The van der Waals surface area contributed by atoms with Crippen molar-refractivity contribution in [3.05, 3.63) is 64.1 Å². The van der Waals surface area contributed by atoms with Gasteiger partial charge in [0.15, 0.2) is 11.4 Å². The molecule has 0 spiro atoms. The van der Waals surface area contributed by atoms with Gasteiger partial charge < -0.3 is 24.7 Å². The Kier molecular flexibility index (Phi) is 7.57. The summed E-state index contributed by atoms with van der Waals surface area (Å²) in [5, 5.41) is 7.11. The number of methoxy groups -OCH3 is 1. The molecule has 1 aliphatic rings. The third-order valence-corrected chi connectivity index (χ3v) is 7.31. The van der Waals surface area contributed by atoms with Crippen LogP contribution in [0, 0.1) is 5.82 Å². The van der Waals surface area contributed by atoms with E-state index in [-0.39, 0.29) is 42.8 Å². The molecule has 2 atom stereocenters. The number of benzene rings is 2. The van der Waals surface area contributed by atoms with E-state index in [9.17, 15) is 14.0 Å². The van der Waals surface area contributed by atoms with Gasteiger partial charge >= 0.3 is 0 Å². The molecule has 3 aromatic rings. The van der Waals surface area contributed by atoms with Crippen molar-refractivity contribution in [2.75, 3.05) is 25.6 Å². The van der Waals surface area contributed by atoms with E-state index in [1.807, 2.05) is 38.1 Å². The molecule has 0 fully saturated rings. The summed E-state index contributed by atoms with van der Waals surface area (Å²) in [5.41, 5.74) is 0.761. The number of hydrogen-bond acceptors (Lipinski definition) is 5. The van der Waals surface area contributed by atoms with E-state index < -0.39 is 23.3 Å². The number of ether oxygens (including phenoxy) is 1. The molecule has 4 rings (SSSR count). The van der Waals surface area contributed by atoms with Gasteiger partial charge in [-0.25, -0.2) is 4.39 Å². The predicted molar refractivity (Wildman–Crippen MR) is 138 cm³/mol. The Morgan fingerprint density at radius 3 is 2.75 bits per heavy atom. The molecule has 0 saturated heterocycles. The van der Waals surface area contributed by atoms with E-state index in [0.717, 1.165) is 17.4 Å². The van der Waals surface area contributed by atoms with Gasteiger partial charge in [-0.05, 0) is 37.0 Å². The van der Waals surface area contributed by atoms with Crippen molar-refractivity contribution in [2.45, 2.75) is 51.7 Å². The molecule has 0 bridgehead atoms. The fourth-order valence-electron chi connectivity index (χ4n) is 4.81. The molecule has 2 aromatic carbocycles. The summed E-state index contributed by atoms with van der Waals surface area (Å²) < 4.78 is 25.8. The molecule has 36 heavy (non-hydrogen) atoms. The van der Waals surface area contributed by atoms with Crippen molar-refractivity contribution >= 4 is 40.1 Å². The Hall–Kier alpha value is -3.10. The van der Waals surface area contributed by atoms with Gasteiger partial charge in [0.1, 0.15) is 11.4 Å². The van der Waals surface area contributed by atoms with Crippen molar-refractivity contribution in [3.8, 4) is 0 Å². The molecule has 0 saturated carbocycles. The second-order valence-electron chi connectivity index (χ2n) is 9.04. The normalized spacial score (nSPS) is 18.2. The van der Waals surface area contributed by atoms with Gasteiger partial charge in [-0.1, -0.05) is 50.6 Å². The fraction of sp³-hybridized carbons (Fsp3) is 0.407. The first-order valence-electron chi connectivity index (χ1n) is 12.1. The lowest BCUT2D eigenvalue weighted by Crippen LogP contribution is -2.64. The first-order valence-corrected chi connectivity index (χ1v) is 12.5. The Morgan fingerprint density at radius 1 is 1.31 bits per heavy atom. The number of carbonyl (C=O) groups excluding carboxylic acids is 2. The molecule has 7 nitrogen and oxygen atoms in total. The minimum atomic E-state index is -1.54. The molecule has 2 amide bonds. The number of nitrogens with one attached hydrogen (secondary N) is 2. The van der Waals surface area contributed by atoms with E-state index in [0.29, 0.717) is 16.8 Å². The fourth-order valence-corrected chi connectivity index (χ4v) is 5.08. The molecule has 2 heterocycles. The summed E-state index contributed by atoms with van der Waals surface area (Å²) in [4.78, 5) is 29.4. The van der Waals surface area contributed by atoms with E-state index >= 15 is 0 Å². The van der Waals surface area contributed by atoms with Crippen LogP contribution in [-0.2, 0) is 16.1 Å². The molecule has 1 aliphatic heterocycles. The first kappa shape index (κ1) is 26.0. The minimum absolute atomic E-state index is 0.0407. The second-order valence-corrected chi connectivity index (χ2v) is 9.44. The molecule has 2 N–H and O–H groups in total. The molecule has 9 heteroatoms. The predicted octanol–water partition coefficient (Wildman–Crippen LogP) is 5.68. The molecule has 2 unspecified atom stereocenters. The maximum absolute atomic E-state index is 14.3. The SMILES string of the molecule is CCC(C)c1c(C(=O)N(CCOC)C2(CC)Nc3cc(F)cc(Cl)c3CNC2=O)oc2ccccc12. The van der Waals surface area contributed by atoms with Gasteiger partial charge in [0, 0.05) is 42.4 Å². The minimum Gasteiger partial charge on any atom is -0.451 e. The molecule has 1 aromatic heterocycles. The van der Waals surface area contributed by atoms with Gasteiger partial charge in [-0.3, -0.25) is 9.59 Å². The van der Waals surface area contributed by atoms with Crippen LogP contribution in [0.5, 0.6) is 0 Å². The summed E-state index contributed by atoms with van der Waals surface area (Å²) in [6, 6.07) is 10.0. The Labute approximate surface area is 214 Å². The van der Waals surface area contributed by atoms with Crippen LogP contribution in [0.15, 0.2) is 40.8 Å². The van der Waals surface area contributed by atoms with E-state index in [1.54, 1.807) is 6.92 Å². The quantitative estimate of drug-likeness (QED) is 0.403. The van der Waals surface area contributed by atoms with Crippen molar-refractivity contribution < 1.29 is 23.1 Å². The van der Waals surface area contributed by atoms with Crippen LogP contribution in [0.2, 0.25) is 5.02 Å². The monoisotopic (exact) mass is 515 g/mol. The first-order chi connectivity index (χ1) is 17.3. The maximum Gasteiger partial charge on any atom is 0.292 e. The molecule has 0 radical (unpaired) electrons. The lowest BCUT2D eigenvalue weighted by molar-refractivity contribution is -0.131. The van der Waals surface area contributed by atoms with Crippen molar-refractivity contribution in [3.63, 3.8) is 0 Å². The molecule has 0 aliphatic carbocycles. The highest BCUT2D eigenvalue weighted by Crippen LogP contribution is 2.38. The molecule has 192 valence electrons. The van der Waals surface area contributed by atoms with Crippen LogP contribution in [0.1, 0.15) is 61.2 Å². The summed E-state index contributed by atoms with van der Waals surface area (Å²) in [5.74, 6) is -1.20. The zero-order valence-electron chi connectivity index (χ0n) is 20.9. The number of rotatable bonds is 8. The highest BCUT2D eigenvalue weighted by molar-refractivity contribution is 6.31. The zero-order valence-corrected chi connectivity index (χ0v) is 21.7. The third kappa shape index (κ3) is 4.44. The Bertz CT molecular complexity index is 1290. The summed E-state index contributed by atoms with van der Waals surface area (Å²) in [6.07, 6.45) is 0.992. The van der Waals surface area contributed by atoms with Gasteiger partial charge in [0.25, 0.3) is 11.8 Å². The van der Waals surface area contributed by atoms with Crippen molar-refractivity contribution in [2.24, 2.45) is 0 Å². The Balaban J connectivity index is 1.89. The largest absolute Gasteiger partial charge is 0.451 e. The smallest absolute Gasteiger partial charge is 0.292 e. The maximum atomic E-state index is 14.3. The van der Waals surface area contributed by atoms with Crippen LogP contribution in [0.4, 0.5) is 10.1 Å². The molecular weight excluding hydrogens is 485 g/mol. The van der Waals surface area contributed by atoms with Gasteiger partial charge in [0.2, 0.25) is 0 Å². The number of halogens is 2. The lowest BCUT2D eigenvalue weighted by Gasteiger charge is -2.42. The lowest BCUT2D eigenvalue weighted by atomic mass is 9.94. The summed E-state index contributed by atoms with van der Waals surface area (Å²) in [7, 11) is 1.53. The summed E-state index contributed by atoms with van der Waals surface area (Å²) in [6.45, 7) is 6.25. The second kappa shape index (κ2) is 10.5. The van der Waals surface area contributed by atoms with E-state index in [1.165, 1.54) is 24.1 Å². The number of amides is 2. The Morgan fingerprint density at radius 2 is 2.06 bits per heavy atom. The summed E-state index contributed by atoms with van der Waals surface area (Å²) >= 11 is 6.30. The topological polar surface area (TPSA) is 83.8 Å². The highest BCUT2D eigenvalue weighted by Gasteiger charge is 2.48. The van der Waals surface area contributed by atoms with Crippen molar-refractivity contribution in [1.29, 1.82) is 0 Å². The van der Waals surface area contributed by atoms with Gasteiger partial charge in [-0.2, -0.15) is 0 Å². The van der Waals surface area contributed by atoms with Crippen LogP contribution in [0.25, 0.3) is 11.0 Å². The number of carbonyl (C=O) groups is 2. The van der Waals surface area contributed by atoms with E-state index in [2.05, 4.69) is 10.6 Å². The number of hydrogen-bond donors (Lipinski definition) is 2. The number of furan rings is 1. The number of nitrogens with zero attached hydrogens (tertiary/aromatic N) is 1. The third-order valence-electron chi connectivity index (χ3n) is 6.97. The van der Waals surface area contributed by atoms with Gasteiger partial charge in [0.05, 0.1) is 11.6 Å². The van der Waals surface area contributed by atoms with E-state index in [4.69, 9.17) is 20.8 Å². The standard InChI is InChI=1S/C27H31ClFN3O4/c1-5-16(3)23-18-9-7-8-10-22(18)36-24(23)25(33)32(11-12-35-4)27(6-2)26(34)30-15-19-20(28)13-17(29)14-21(19)31-27/h7-10,13-14,16,31H,5-6,11-12,15H2,1-4H3,(H,30,34). The van der Waals surface area contributed by atoms with Gasteiger partial charge in [-0.15, -0.1) is 0 Å². The van der Waals surface area contributed by atoms with Crippen LogP contribution < -0.4 is 10.6 Å². The van der Waals surface area contributed by atoms with Crippen LogP contribution in [-0.4, -0.2) is 42.6 Å². The average Bonchev–Trinajstić information content (AvgIpc) is 3.19. The van der Waals surface area contributed by atoms with Crippen LogP contribution in [0.3, 0.4) is 0 Å². The molecular formula is C27H31ClFN3O4. The van der Waals surface area contributed by atoms with Crippen LogP contribution >= 0.6 is 11.6 Å². The average molecular weight is 516 g/mol. The number of fused-ring (bicyclic) bond motifs is 2. The van der Waals surface area contributed by atoms with Crippen molar-refractivity contribution in [1.82, 2.24) is 10.2 Å².